The molecule has 3 heterocycles. The maximum absolute atomic E-state index is 5.45. The third-order valence-electron chi connectivity index (χ3n) is 3.57. The first-order valence-corrected chi connectivity index (χ1v) is 6.38. The molecule has 0 spiro atoms. The molecule has 19 heavy (non-hydrogen) atoms. The minimum Gasteiger partial charge on any atom is -0.384 e. The zero-order valence-corrected chi connectivity index (χ0v) is 10.8. The highest BCUT2D eigenvalue weighted by molar-refractivity contribution is 5.41. The van der Waals surface area contributed by atoms with E-state index < -0.39 is 0 Å². The number of ether oxygens (including phenoxy) is 1. The summed E-state index contributed by atoms with van der Waals surface area (Å²) in [5.41, 5.74) is -0.183. The number of nitrogens with zero attached hydrogens (tertiary/aromatic N) is 3. The Hall–Kier alpha value is -1.73. The Labute approximate surface area is 110 Å². The van der Waals surface area contributed by atoms with Gasteiger partial charge >= 0.3 is 0 Å². The molecule has 0 atom stereocenters. The van der Waals surface area contributed by atoms with Gasteiger partial charge in [-0.15, -0.1) is 0 Å². The summed E-state index contributed by atoms with van der Waals surface area (Å²) in [4.78, 5) is 11.6. The molecule has 0 saturated carbocycles. The van der Waals surface area contributed by atoms with Gasteiger partial charge in [0.05, 0.1) is 12.0 Å². The lowest BCUT2D eigenvalue weighted by Gasteiger charge is -2.33. The molecule has 2 N–H and O–H groups in total. The molecule has 1 aliphatic rings. The number of aromatic amines is 1. The second kappa shape index (κ2) is 5.10. The van der Waals surface area contributed by atoms with Crippen LogP contribution in [0.5, 0.6) is 0 Å². The summed E-state index contributed by atoms with van der Waals surface area (Å²) in [6, 6.07) is 0. The minimum absolute atomic E-state index is 0.183. The van der Waals surface area contributed by atoms with Crippen LogP contribution in [0.2, 0.25) is 0 Å². The fourth-order valence-electron chi connectivity index (χ4n) is 2.52. The van der Waals surface area contributed by atoms with Gasteiger partial charge in [0, 0.05) is 19.5 Å². The largest absolute Gasteiger partial charge is 0.384 e. The lowest BCUT2D eigenvalue weighted by atomic mass is 9.79. The summed E-state index contributed by atoms with van der Waals surface area (Å²) in [6.45, 7) is 2.46. The van der Waals surface area contributed by atoms with Crippen molar-refractivity contribution >= 4 is 0 Å². The van der Waals surface area contributed by atoms with Crippen LogP contribution in [0.4, 0.5) is 0 Å². The van der Waals surface area contributed by atoms with Crippen LogP contribution in [0.25, 0.3) is 11.6 Å². The highest BCUT2D eigenvalue weighted by Crippen LogP contribution is 2.33. The number of hydrogen-bond donors (Lipinski definition) is 2. The summed E-state index contributed by atoms with van der Waals surface area (Å²) >= 11 is 0. The molecule has 0 aromatic carbocycles. The maximum atomic E-state index is 5.45. The number of nitrogens with one attached hydrogen (secondary N) is 2. The molecule has 7 nitrogen and oxygen atoms in total. The Morgan fingerprint density at radius 2 is 2.26 bits per heavy atom. The van der Waals surface area contributed by atoms with E-state index in [-0.39, 0.29) is 5.41 Å². The quantitative estimate of drug-likeness (QED) is 0.845. The number of imidazole rings is 1. The molecule has 0 unspecified atom stereocenters. The number of hydrogen-bond acceptors (Lipinski definition) is 6. The van der Waals surface area contributed by atoms with E-state index in [4.69, 9.17) is 9.26 Å². The molecule has 3 rings (SSSR count). The van der Waals surface area contributed by atoms with E-state index >= 15 is 0 Å². The lowest BCUT2D eigenvalue weighted by Crippen LogP contribution is -2.43. The van der Waals surface area contributed by atoms with Crippen LogP contribution in [0.15, 0.2) is 16.9 Å². The van der Waals surface area contributed by atoms with Gasteiger partial charge in [0.25, 0.3) is 0 Å². The van der Waals surface area contributed by atoms with Gasteiger partial charge < -0.3 is 19.6 Å². The highest BCUT2D eigenvalue weighted by Gasteiger charge is 2.39. The third-order valence-corrected chi connectivity index (χ3v) is 3.57. The van der Waals surface area contributed by atoms with Crippen LogP contribution in [0, 0.1) is 0 Å². The van der Waals surface area contributed by atoms with Crippen molar-refractivity contribution in [3.8, 4) is 11.6 Å². The van der Waals surface area contributed by atoms with E-state index in [0.29, 0.717) is 24.1 Å². The smallest absolute Gasteiger partial charge is 0.238 e. The van der Waals surface area contributed by atoms with Crippen LogP contribution >= 0.6 is 0 Å². The van der Waals surface area contributed by atoms with Crippen molar-refractivity contribution in [3.05, 3.63) is 18.3 Å². The molecule has 0 aliphatic carbocycles. The average Bonchev–Trinajstić information content (AvgIpc) is 3.11. The van der Waals surface area contributed by atoms with E-state index in [1.807, 2.05) is 0 Å². The van der Waals surface area contributed by atoms with E-state index in [9.17, 15) is 0 Å². The predicted octanol–water partition coefficient (Wildman–Crippen LogP) is 0.727. The van der Waals surface area contributed by atoms with Gasteiger partial charge in [-0.05, 0) is 25.9 Å². The monoisotopic (exact) mass is 263 g/mol. The second-order valence-electron chi connectivity index (χ2n) is 4.82. The molecule has 1 fully saturated rings. The molecule has 0 bridgehead atoms. The zero-order chi connectivity index (χ0) is 13.1. The lowest BCUT2D eigenvalue weighted by molar-refractivity contribution is 0.0850. The second-order valence-corrected chi connectivity index (χ2v) is 4.82. The summed E-state index contributed by atoms with van der Waals surface area (Å²) in [7, 11) is 1.70. The van der Waals surface area contributed by atoms with Crippen molar-refractivity contribution in [3.63, 3.8) is 0 Å². The Balaban J connectivity index is 1.90. The molecule has 1 saturated heterocycles. The first kappa shape index (κ1) is 12.3. The van der Waals surface area contributed by atoms with Crippen molar-refractivity contribution < 1.29 is 9.26 Å². The maximum Gasteiger partial charge on any atom is 0.238 e. The van der Waals surface area contributed by atoms with Crippen molar-refractivity contribution in [2.75, 3.05) is 26.8 Å². The molecule has 0 amide bonds. The van der Waals surface area contributed by atoms with Crippen molar-refractivity contribution in [2.24, 2.45) is 0 Å². The molecular formula is C12H17N5O2. The van der Waals surface area contributed by atoms with Gasteiger partial charge in [-0.1, -0.05) is 5.16 Å². The SMILES string of the molecule is COCC1(c2nc(-c3ncc[nH]3)no2)CCNCC1. The first-order valence-electron chi connectivity index (χ1n) is 6.38. The van der Waals surface area contributed by atoms with Gasteiger partial charge in [-0.2, -0.15) is 4.98 Å². The number of methoxy groups -OCH3 is 1. The van der Waals surface area contributed by atoms with Crippen molar-refractivity contribution in [2.45, 2.75) is 18.3 Å². The molecule has 0 radical (unpaired) electrons. The molecule has 2 aromatic rings. The highest BCUT2D eigenvalue weighted by atomic mass is 16.5. The van der Waals surface area contributed by atoms with E-state index in [2.05, 4.69) is 25.4 Å². The number of H-pyrrole nitrogens is 1. The standard InChI is InChI=1S/C12H17N5O2/c1-18-8-12(2-4-13-5-3-12)11-16-10(17-19-11)9-14-6-7-15-9/h6-7,13H,2-5,8H2,1H3,(H,14,15). The van der Waals surface area contributed by atoms with Gasteiger partial charge in [-0.25, -0.2) is 4.98 Å². The van der Waals surface area contributed by atoms with Gasteiger partial charge in [0.1, 0.15) is 0 Å². The Kier molecular flexibility index (Phi) is 3.31. The van der Waals surface area contributed by atoms with E-state index in [1.54, 1.807) is 19.5 Å². The van der Waals surface area contributed by atoms with Crippen LogP contribution in [0.3, 0.4) is 0 Å². The zero-order valence-electron chi connectivity index (χ0n) is 10.8. The molecule has 2 aromatic heterocycles. The van der Waals surface area contributed by atoms with Crippen LogP contribution in [0.1, 0.15) is 18.7 Å². The van der Waals surface area contributed by atoms with Gasteiger partial charge in [-0.3, -0.25) is 0 Å². The first-order chi connectivity index (χ1) is 9.34. The number of rotatable bonds is 4. The third kappa shape index (κ3) is 2.26. The predicted molar refractivity (Wildman–Crippen MR) is 67.5 cm³/mol. The van der Waals surface area contributed by atoms with Gasteiger partial charge in [0.15, 0.2) is 5.82 Å². The van der Waals surface area contributed by atoms with Crippen molar-refractivity contribution in [1.29, 1.82) is 0 Å². The number of piperidine rings is 1. The summed E-state index contributed by atoms with van der Waals surface area (Å²) in [6.07, 6.45) is 5.27. The van der Waals surface area contributed by atoms with Gasteiger partial charge in [0.2, 0.25) is 11.7 Å². The summed E-state index contributed by atoms with van der Waals surface area (Å²) in [5.74, 6) is 1.76. The normalized spacial score (nSPS) is 18.6. The summed E-state index contributed by atoms with van der Waals surface area (Å²) < 4.78 is 10.8. The molecule has 7 heteroatoms. The van der Waals surface area contributed by atoms with Crippen molar-refractivity contribution in [1.82, 2.24) is 25.4 Å². The molecule has 102 valence electrons. The fourth-order valence-corrected chi connectivity index (χ4v) is 2.52. The summed E-state index contributed by atoms with van der Waals surface area (Å²) in [5, 5.41) is 7.34. The average molecular weight is 263 g/mol. The Morgan fingerprint density at radius 3 is 2.95 bits per heavy atom. The van der Waals surface area contributed by atoms with Crippen LogP contribution < -0.4 is 5.32 Å². The minimum atomic E-state index is -0.183. The van der Waals surface area contributed by atoms with E-state index in [1.165, 1.54) is 0 Å². The molecule has 1 aliphatic heterocycles. The number of aromatic nitrogens is 4. The van der Waals surface area contributed by atoms with Crippen LogP contribution in [-0.4, -0.2) is 46.9 Å². The fraction of sp³-hybridized carbons (Fsp3) is 0.583. The topological polar surface area (TPSA) is 88.9 Å². The van der Waals surface area contributed by atoms with E-state index in [0.717, 1.165) is 25.9 Å². The molecular weight excluding hydrogens is 246 g/mol. The van der Waals surface area contributed by atoms with Crippen LogP contribution in [-0.2, 0) is 10.2 Å². The Morgan fingerprint density at radius 1 is 1.42 bits per heavy atom. The Bertz CT molecular complexity index is 510.